The van der Waals surface area contributed by atoms with Crippen LogP contribution in [0.4, 0.5) is 8.78 Å². The molecule has 0 aliphatic carbocycles. The molecular formula is C25H30F2N2O2S. The van der Waals surface area contributed by atoms with E-state index in [4.69, 9.17) is 4.74 Å². The maximum Gasteiger partial charge on any atom is 0.253 e. The summed E-state index contributed by atoms with van der Waals surface area (Å²) in [5.74, 6) is -0.672. The van der Waals surface area contributed by atoms with Gasteiger partial charge < -0.3 is 9.64 Å². The van der Waals surface area contributed by atoms with Gasteiger partial charge in [-0.25, -0.2) is 13.8 Å². The molecule has 2 aromatic carbocycles. The minimum atomic E-state index is -0.970. The van der Waals surface area contributed by atoms with Gasteiger partial charge in [0.2, 0.25) is 0 Å². The van der Waals surface area contributed by atoms with E-state index in [1.54, 1.807) is 12.1 Å². The Morgan fingerprint density at radius 1 is 1.03 bits per heavy atom. The van der Waals surface area contributed by atoms with E-state index in [0.717, 1.165) is 42.8 Å². The summed E-state index contributed by atoms with van der Waals surface area (Å²) < 4.78 is 33.5. The number of thiazole rings is 1. The Morgan fingerprint density at radius 2 is 1.66 bits per heavy atom. The number of nitrogens with zero attached hydrogens (tertiary/aromatic N) is 2. The van der Waals surface area contributed by atoms with Gasteiger partial charge in [0.1, 0.15) is 10.8 Å². The monoisotopic (exact) mass is 460 g/mol. The van der Waals surface area contributed by atoms with Crippen LogP contribution >= 0.6 is 11.3 Å². The smallest absolute Gasteiger partial charge is 0.253 e. The van der Waals surface area contributed by atoms with Crippen molar-refractivity contribution >= 4 is 27.5 Å². The second-order valence-electron chi connectivity index (χ2n) is 8.83. The molecule has 1 heterocycles. The van der Waals surface area contributed by atoms with Gasteiger partial charge in [-0.1, -0.05) is 27.7 Å². The molecule has 4 nitrogen and oxygen atoms in total. The topological polar surface area (TPSA) is 42.4 Å². The zero-order valence-corrected chi connectivity index (χ0v) is 20.1. The number of hydrogen-bond donors (Lipinski definition) is 0. The predicted molar refractivity (Wildman–Crippen MR) is 126 cm³/mol. The van der Waals surface area contributed by atoms with E-state index in [1.807, 2.05) is 11.0 Å². The van der Waals surface area contributed by atoms with Gasteiger partial charge in [0.15, 0.2) is 11.6 Å². The Balaban J connectivity index is 1.92. The standard InChI is InChI=1S/C25H30F2N2O2S/c1-15(2)8-10-29(11-9-16(3)4)25(30)17-6-7-21-23(12-17)32-24(28-21)18-13-19(26)20(27)14-22(18)31-5/h6-7,12-16H,8-11H2,1-5H3. The minimum Gasteiger partial charge on any atom is -0.496 e. The van der Waals surface area contributed by atoms with Crippen molar-refractivity contribution in [2.45, 2.75) is 40.5 Å². The molecule has 0 saturated heterocycles. The maximum absolute atomic E-state index is 13.9. The van der Waals surface area contributed by atoms with Gasteiger partial charge in [0.25, 0.3) is 5.91 Å². The van der Waals surface area contributed by atoms with Crippen LogP contribution in [0.3, 0.4) is 0 Å². The Labute approximate surface area is 192 Å². The molecule has 1 aromatic heterocycles. The number of fused-ring (bicyclic) bond motifs is 1. The number of amides is 1. The van der Waals surface area contributed by atoms with Crippen molar-refractivity contribution in [3.8, 4) is 16.3 Å². The summed E-state index contributed by atoms with van der Waals surface area (Å²) in [7, 11) is 1.41. The highest BCUT2D eigenvalue weighted by atomic mass is 32.1. The van der Waals surface area contributed by atoms with E-state index in [9.17, 15) is 13.6 Å². The van der Waals surface area contributed by atoms with Gasteiger partial charge in [-0.15, -0.1) is 11.3 Å². The molecule has 0 saturated carbocycles. The molecule has 0 fully saturated rings. The number of ether oxygens (including phenoxy) is 1. The summed E-state index contributed by atoms with van der Waals surface area (Å²) >= 11 is 1.32. The third-order valence-corrected chi connectivity index (χ3v) is 6.40. The van der Waals surface area contributed by atoms with E-state index < -0.39 is 11.6 Å². The number of carbonyl (C=O) groups excluding carboxylic acids is 1. The molecule has 0 radical (unpaired) electrons. The SMILES string of the molecule is COc1cc(F)c(F)cc1-c1nc2ccc(C(=O)N(CCC(C)C)CCC(C)C)cc2s1. The van der Waals surface area contributed by atoms with Crippen molar-refractivity contribution in [3.63, 3.8) is 0 Å². The van der Waals surface area contributed by atoms with Crippen molar-refractivity contribution in [1.82, 2.24) is 9.88 Å². The molecule has 0 N–H and O–H groups in total. The summed E-state index contributed by atoms with van der Waals surface area (Å²) in [5.41, 5.74) is 1.69. The molecule has 0 aliphatic heterocycles. The molecule has 0 unspecified atom stereocenters. The predicted octanol–water partition coefficient (Wildman–Crippen LogP) is 6.78. The Bertz CT molecular complexity index is 1080. The van der Waals surface area contributed by atoms with Crippen LogP contribution in [0.25, 0.3) is 20.8 Å². The average molecular weight is 461 g/mol. The zero-order chi connectivity index (χ0) is 23.4. The van der Waals surface area contributed by atoms with Gasteiger partial charge in [-0.3, -0.25) is 4.79 Å². The lowest BCUT2D eigenvalue weighted by molar-refractivity contribution is 0.0741. The first-order valence-corrected chi connectivity index (χ1v) is 11.7. The minimum absolute atomic E-state index is 0.00792. The first-order valence-electron chi connectivity index (χ1n) is 10.9. The number of halogens is 2. The van der Waals surface area contributed by atoms with Crippen LogP contribution in [0.2, 0.25) is 0 Å². The summed E-state index contributed by atoms with van der Waals surface area (Å²) in [6.07, 6.45) is 1.90. The van der Waals surface area contributed by atoms with Crippen molar-refractivity contribution in [1.29, 1.82) is 0 Å². The first-order chi connectivity index (χ1) is 15.2. The number of hydrogen-bond acceptors (Lipinski definition) is 4. The summed E-state index contributed by atoms with van der Waals surface area (Å²) in [6, 6.07) is 7.54. The Morgan fingerprint density at radius 3 is 2.25 bits per heavy atom. The lowest BCUT2D eigenvalue weighted by atomic mass is 10.1. The third-order valence-electron chi connectivity index (χ3n) is 5.35. The molecule has 3 rings (SSSR count). The molecule has 32 heavy (non-hydrogen) atoms. The lowest BCUT2D eigenvalue weighted by Crippen LogP contribution is -2.34. The number of benzene rings is 2. The van der Waals surface area contributed by atoms with Crippen LogP contribution < -0.4 is 4.74 Å². The summed E-state index contributed by atoms with van der Waals surface area (Å²) in [5, 5.41) is 0.511. The fourth-order valence-corrected chi connectivity index (χ4v) is 4.39. The van der Waals surface area contributed by atoms with Crippen LogP contribution in [-0.2, 0) is 0 Å². The second-order valence-corrected chi connectivity index (χ2v) is 9.86. The third kappa shape index (κ3) is 5.63. The fraction of sp³-hybridized carbons (Fsp3) is 0.440. The van der Waals surface area contributed by atoms with Crippen molar-refractivity contribution in [2.24, 2.45) is 11.8 Å². The van der Waals surface area contributed by atoms with E-state index in [1.165, 1.54) is 18.4 Å². The van der Waals surface area contributed by atoms with Crippen LogP contribution in [0.1, 0.15) is 50.9 Å². The molecular weight excluding hydrogens is 430 g/mol. The molecule has 0 atom stereocenters. The van der Waals surface area contributed by atoms with E-state index in [-0.39, 0.29) is 11.7 Å². The molecule has 0 spiro atoms. The van der Waals surface area contributed by atoms with E-state index >= 15 is 0 Å². The number of carbonyl (C=O) groups is 1. The van der Waals surface area contributed by atoms with Gasteiger partial charge in [-0.2, -0.15) is 0 Å². The highest BCUT2D eigenvalue weighted by Crippen LogP contribution is 2.37. The van der Waals surface area contributed by atoms with Gasteiger partial charge >= 0.3 is 0 Å². The van der Waals surface area contributed by atoms with Crippen molar-refractivity contribution < 1.29 is 18.3 Å². The van der Waals surface area contributed by atoms with Gasteiger partial charge in [0.05, 0.1) is 22.9 Å². The average Bonchev–Trinajstić information content (AvgIpc) is 3.17. The molecule has 0 bridgehead atoms. The Kier molecular flexibility index (Phi) is 7.82. The van der Waals surface area contributed by atoms with E-state index in [2.05, 4.69) is 32.7 Å². The van der Waals surface area contributed by atoms with Crippen LogP contribution in [0.5, 0.6) is 5.75 Å². The van der Waals surface area contributed by atoms with Crippen molar-refractivity contribution in [3.05, 3.63) is 47.5 Å². The summed E-state index contributed by atoms with van der Waals surface area (Å²) in [6.45, 7) is 10.1. The Hall–Kier alpha value is -2.54. The molecule has 3 aromatic rings. The summed E-state index contributed by atoms with van der Waals surface area (Å²) in [4.78, 5) is 19.8. The largest absolute Gasteiger partial charge is 0.496 e. The van der Waals surface area contributed by atoms with E-state index in [0.29, 0.717) is 33.5 Å². The molecule has 7 heteroatoms. The second kappa shape index (κ2) is 10.4. The highest BCUT2D eigenvalue weighted by molar-refractivity contribution is 7.21. The number of methoxy groups -OCH3 is 1. The quantitative estimate of drug-likeness (QED) is 0.353. The molecule has 172 valence electrons. The normalized spacial score (nSPS) is 11.5. The lowest BCUT2D eigenvalue weighted by Gasteiger charge is -2.24. The van der Waals surface area contributed by atoms with Crippen molar-refractivity contribution in [2.75, 3.05) is 20.2 Å². The maximum atomic E-state index is 13.9. The van der Waals surface area contributed by atoms with Crippen LogP contribution in [-0.4, -0.2) is 36.0 Å². The first kappa shape index (κ1) is 24.1. The zero-order valence-electron chi connectivity index (χ0n) is 19.2. The highest BCUT2D eigenvalue weighted by Gasteiger charge is 2.19. The molecule has 0 aliphatic rings. The van der Waals surface area contributed by atoms with Gasteiger partial charge in [0, 0.05) is 24.7 Å². The fourth-order valence-electron chi connectivity index (χ4n) is 3.36. The van der Waals surface area contributed by atoms with Crippen LogP contribution in [0, 0.1) is 23.5 Å². The number of rotatable bonds is 9. The van der Waals surface area contributed by atoms with Gasteiger partial charge in [-0.05, 0) is 48.9 Å². The number of aromatic nitrogens is 1. The van der Waals surface area contributed by atoms with Crippen LogP contribution in [0.15, 0.2) is 30.3 Å². The molecule has 1 amide bonds.